The zero-order chi connectivity index (χ0) is 15.5. The van der Waals surface area contributed by atoms with Gasteiger partial charge in [0, 0.05) is 19.2 Å². The van der Waals surface area contributed by atoms with Crippen molar-refractivity contribution in [3.05, 3.63) is 28.3 Å². The van der Waals surface area contributed by atoms with E-state index >= 15 is 0 Å². The molecular weight excluding hydrogens is 298 g/mol. The number of hydrogen-bond donors (Lipinski definition) is 1. The highest BCUT2D eigenvalue weighted by Gasteiger charge is 2.25. The van der Waals surface area contributed by atoms with Crippen molar-refractivity contribution in [2.24, 2.45) is 0 Å². The first kappa shape index (κ1) is 15.5. The van der Waals surface area contributed by atoms with E-state index < -0.39 is 15.1 Å². The highest BCUT2D eigenvalue weighted by atomic mass is 32.2. The van der Waals surface area contributed by atoms with Gasteiger partial charge in [-0.1, -0.05) is 6.42 Å². The van der Waals surface area contributed by atoms with Crippen molar-refractivity contribution in [2.75, 3.05) is 24.9 Å². The number of piperidine rings is 1. The summed E-state index contributed by atoms with van der Waals surface area (Å²) in [5.74, 6) is 0.116. The predicted molar refractivity (Wildman–Crippen MR) is 77.6 cm³/mol. The van der Waals surface area contributed by atoms with Gasteiger partial charge in [-0.2, -0.15) is 12.7 Å². The van der Waals surface area contributed by atoms with Crippen LogP contribution in [0.3, 0.4) is 0 Å². The van der Waals surface area contributed by atoms with Crippen molar-refractivity contribution < 1.29 is 18.1 Å². The molecule has 0 aliphatic carbocycles. The third kappa shape index (κ3) is 3.61. The van der Waals surface area contributed by atoms with E-state index in [0.29, 0.717) is 13.1 Å². The number of nitrogens with one attached hydrogen (secondary N) is 1. The summed E-state index contributed by atoms with van der Waals surface area (Å²) in [6.45, 7) is 0.954. The van der Waals surface area contributed by atoms with Crippen molar-refractivity contribution in [1.82, 2.24) is 4.31 Å². The second kappa shape index (κ2) is 6.27. The van der Waals surface area contributed by atoms with Gasteiger partial charge in [-0.25, -0.2) is 0 Å². The third-order valence-corrected chi connectivity index (χ3v) is 4.81. The van der Waals surface area contributed by atoms with E-state index in [1.54, 1.807) is 0 Å². The van der Waals surface area contributed by atoms with Gasteiger partial charge in [0.25, 0.3) is 5.69 Å². The van der Waals surface area contributed by atoms with Crippen LogP contribution >= 0.6 is 0 Å². The Morgan fingerprint density at radius 3 is 2.52 bits per heavy atom. The maximum atomic E-state index is 12.3. The summed E-state index contributed by atoms with van der Waals surface area (Å²) in [7, 11) is -2.34. The molecule has 1 aliphatic rings. The summed E-state index contributed by atoms with van der Waals surface area (Å²) < 4.78 is 33.4. The maximum absolute atomic E-state index is 12.3. The highest BCUT2D eigenvalue weighted by Crippen LogP contribution is 2.30. The van der Waals surface area contributed by atoms with Crippen LogP contribution in [0.1, 0.15) is 19.3 Å². The molecule has 1 aromatic carbocycles. The molecule has 2 rings (SSSR count). The van der Waals surface area contributed by atoms with Gasteiger partial charge < -0.3 is 4.74 Å². The molecule has 0 spiro atoms. The number of non-ortho nitro benzene ring substituents is 1. The molecule has 1 fully saturated rings. The molecule has 1 aliphatic heterocycles. The largest absolute Gasteiger partial charge is 0.494 e. The van der Waals surface area contributed by atoms with Gasteiger partial charge in [-0.15, -0.1) is 0 Å². The van der Waals surface area contributed by atoms with E-state index in [4.69, 9.17) is 4.74 Å². The molecule has 116 valence electrons. The van der Waals surface area contributed by atoms with Crippen LogP contribution in [0.5, 0.6) is 5.75 Å². The molecule has 0 aromatic heterocycles. The third-order valence-electron chi connectivity index (χ3n) is 3.29. The first-order chi connectivity index (χ1) is 9.94. The van der Waals surface area contributed by atoms with Crippen LogP contribution in [0.2, 0.25) is 0 Å². The Morgan fingerprint density at radius 2 is 1.95 bits per heavy atom. The highest BCUT2D eigenvalue weighted by molar-refractivity contribution is 7.90. The molecule has 1 aromatic rings. The first-order valence-corrected chi connectivity index (χ1v) is 7.98. The normalized spacial score (nSPS) is 16.4. The number of methoxy groups -OCH3 is 1. The van der Waals surface area contributed by atoms with Crippen LogP contribution in [0, 0.1) is 10.1 Å². The minimum absolute atomic E-state index is 0.116. The maximum Gasteiger partial charge on any atom is 0.301 e. The molecule has 0 amide bonds. The van der Waals surface area contributed by atoms with E-state index in [2.05, 4.69) is 4.72 Å². The van der Waals surface area contributed by atoms with E-state index in [-0.39, 0.29) is 17.1 Å². The van der Waals surface area contributed by atoms with Crippen molar-refractivity contribution in [1.29, 1.82) is 0 Å². The molecule has 0 saturated carbocycles. The van der Waals surface area contributed by atoms with Crippen LogP contribution in [0.4, 0.5) is 11.4 Å². The number of nitro groups is 1. The zero-order valence-corrected chi connectivity index (χ0v) is 12.4. The standard InChI is InChI=1S/C12H17N3O5S/c1-20-12-9-10(15(16)17)5-6-11(12)13-21(18,19)14-7-3-2-4-8-14/h5-6,9,13H,2-4,7-8H2,1H3. The first-order valence-electron chi connectivity index (χ1n) is 6.54. The van der Waals surface area contributed by atoms with Gasteiger partial charge in [0.1, 0.15) is 5.75 Å². The van der Waals surface area contributed by atoms with Gasteiger partial charge in [0.15, 0.2) is 0 Å². The van der Waals surface area contributed by atoms with E-state index in [1.807, 2.05) is 0 Å². The second-order valence-electron chi connectivity index (χ2n) is 4.71. The SMILES string of the molecule is COc1cc([N+](=O)[O-])ccc1NS(=O)(=O)N1CCCCC1. The number of nitrogens with zero attached hydrogens (tertiary/aromatic N) is 2. The topological polar surface area (TPSA) is 102 Å². The number of nitro benzene ring substituents is 1. The van der Waals surface area contributed by atoms with E-state index in [1.165, 1.54) is 29.6 Å². The fourth-order valence-electron chi connectivity index (χ4n) is 2.19. The Morgan fingerprint density at radius 1 is 1.29 bits per heavy atom. The lowest BCUT2D eigenvalue weighted by Crippen LogP contribution is -2.39. The molecule has 0 radical (unpaired) electrons. The number of anilines is 1. The minimum Gasteiger partial charge on any atom is -0.494 e. The summed E-state index contributed by atoms with van der Waals surface area (Å²) in [4.78, 5) is 10.2. The van der Waals surface area contributed by atoms with E-state index in [0.717, 1.165) is 19.3 Å². The summed E-state index contributed by atoms with van der Waals surface area (Å²) in [5, 5.41) is 10.7. The van der Waals surface area contributed by atoms with Crippen molar-refractivity contribution >= 4 is 21.6 Å². The summed E-state index contributed by atoms with van der Waals surface area (Å²) in [5.41, 5.74) is 0.0291. The number of benzene rings is 1. The smallest absolute Gasteiger partial charge is 0.301 e. The van der Waals surface area contributed by atoms with Gasteiger partial charge in [0.05, 0.1) is 23.8 Å². The molecule has 1 N–H and O–H groups in total. The monoisotopic (exact) mass is 315 g/mol. The van der Waals surface area contributed by atoms with Crippen molar-refractivity contribution in [3.63, 3.8) is 0 Å². The van der Waals surface area contributed by atoms with E-state index in [9.17, 15) is 18.5 Å². The Labute approximate surface area is 123 Å². The molecule has 1 saturated heterocycles. The van der Waals surface area contributed by atoms with Crippen LogP contribution in [-0.2, 0) is 10.2 Å². The molecule has 0 unspecified atom stereocenters. The molecule has 9 heteroatoms. The summed E-state index contributed by atoms with van der Waals surface area (Å²) in [6.07, 6.45) is 2.68. The molecular formula is C12H17N3O5S. The Bertz CT molecular complexity index is 626. The minimum atomic E-state index is -3.67. The average molecular weight is 315 g/mol. The lowest BCUT2D eigenvalue weighted by atomic mass is 10.2. The Hall–Kier alpha value is -1.87. The number of ether oxygens (including phenoxy) is 1. The van der Waals surface area contributed by atoms with Crippen LogP contribution in [0.25, 0.3) is 0 Å². The van der Waals surface area contributed by atoms with Crippen molar-refractivity contribution in [2.45, 2.75) is 19.3 Å². The lowest BCUT2D eigenvalue weighted by molar-refractivity contribution is -0.384. The number of rotatable bonds is 5. The van der Waals surface area contributed by atoms with Crippen molar-refractivity contribution in [3.8, 4) is 5.75 Å². The quantitative estimate of drug-likeness (QED) is 0.658. The van der Waals surface area contributed by atoms with Crippen LogP contribution < -0.4 is 9.46 Å². The molecule has 8 nitrogen and oxygen atoms in total. The average Bonchev–Trinajstić information content (AvgIpc) is 2.48. The predicted octanol–water partition coefficient (Wildman–Crippen LogP) is 1.75. The summed E-state index contributed by atoms with van der Waals surface area (Å²) in [6, 6.07) is 3.75. The summed E-state index contributed by atoms with van der Waals surface area (Å²) >= 11 is 0. The zero-order valence-electron chi connectivity index (χ0n) is 11.6. The molecule has 1 heterocycles. The second-order valence-corrected chi connectivity index (χ2v) is 6.38. The Balaban J connectivity index is 2.23. The molecule has 0 atom stereocenters. The fraction of sp³-hybridized carbons (Fsp3) is 0.500. The van der Waals surface area contributed by atoms with Gasteiger partial charge >= 0.3 is 10.2 Å². The number of hydrogen-bond acceptors (Lipinski definition) is 5. The lowest BCUT2D eigenvalue weighted by Gasteiger charge is -2.26. The van der Waals surface area contributed by atoms with Gasteiger partial charge in [-0.3, -0.25) is 14.8 Å². The fourth-order valence-corrected chi connectivity index (χ4v) is 3.50. The van der Waals surface area contributed by atoms with Gasteiger partial charge in [-0.05, 0) is 18.9 Å². The molecule has 21 heavy (non-hydrogen) atoms. The van der Waals surface area contributed by atoms with Gasteiger partial charge in [0.2, 0.25) is 0 Å². The Kier molecular flexibility index (Phi) is 4.63. The van der Waals surface area contributed by atoms with Crippen LogP contribution in [-0.4, -0.2) is 37.8 Å². The molecule has 0 bridgehead atoms. The van der Waals surface area contributed by atoms with Crippen LogP contribution in [0.15, 0.2) is 18.2 Å².